The zero-order valence-electron chi connectivity index (χ0n) is 10.6. The molecule has 0 saturated heterocycles. The molecule has 1 aromatic heterocycles. The Morgan fingerprint density at radius 1 is 1.19 bits per heavy atom. The highest BCUT2D eigenvalue weighted by Gasteiger charge is 2.18. The van der Waals surface area contributed by atoms with Crippen LogP contribution >= 0.6 is 0 Å². The molecule has 0 spiro atoms. The van der Waals surface area contributed by atoms with Crippen LogP contribution < -0.4 is 0 Å². The van der Waals surface area contributed by atoms with Crippen LogP contribution in [-0.4, -0.2) is 22.9 Å². The highest BCUT2D eigenvalue weighted by molar-refractivity contribution is 7.86. The molecule has 0 amide bonds. The van der Waals surface area contributed by atoms with E-state index in [1.165, 1.54) is 18.2 Å². The summed E-state index contributed by atoms with van der Waals surface area (Å²) in [6.45, 7) is 0. The fourth-order valence-corrected chi connectivity index (χ4v) is 2.35. The summed E-state index contributed by atoms with van der Waals surface area (Å²) >= 11 is 0. The van der Waals surface area contributed by atoms with Gasteiger partial charge in [0.05, 0.1) is 10.6 Å². The Labute approximate surface area is 120 Å². The van der Waals surface area contributed by atoms with E-state index in [1.807, 2.05) is 0 Å². The minimum atomic E-state index is -4.57. The number of hydrogen-bond donors (Lipinski definition) is 1. The third-order valence-electron chi connectivity index (χ3n) is 2.61. The van der Waals surface area contributed by atoms with Crippen molar-refractivity contribution in [3.8, 4) is 0 Å². The summed E-state index contributed by atoms with van der Waals surface area (Å²) in [4.78, 5) is 13.4. The van der Waals surface area contributed by atoms with Crippen molar-refractivity contribution < 1.29 is 17.9 Å². The maximum absolute atomic E-state index is 11.3. The number of non-ortho nitro benzene ring substituents is 1. The first-order valence-electron chi connectivity index (χ1n) is 5.73. The van der Waals surface area contributed by atoms with E-state index in [1.54, 1.807) is 24.4 Å². The predicted octanol–water partition coefficient (Wildman–Crippen LogP) is 2.41. The normalized spacial score (nSPS) is 11.7. The molecular weight excluding hydrogens is 296 g/mol. The van der Waals surface area contributed by atoms with Crippen molar-refractivity contribution in [1.29, 1.82) is 0 Å². The molecule has 2 rings (SSSR count). The van der Waals surface area contributed by atoms with Crippen LogP contribution in [0.2, 0.25) is 0 Å². The number of nitro benzene ring substituents is 1. The van der Waals surface area contributed by atoms with Gasteiger partial charge in [0.1, 0.15) is 4.90 Å². The number of pyridine rings is 1. The Morgan fingerprint density at radius 3 is 2.52 bits per heavy atom. The Bertz CT molecular complexity index is 801. The van der Waals surface area contributed by atoms with Gasteiger partial charge in [-0.3, -0.25) is 19.7 Å². The Balaban J connectivity index is 2.49. The molecule has 0 aliphatic heterocycles. The number of aromatic nitrogens is 1. The Kier molecular flexibility index (Phi) is 4.10. The van der Waals surface area contributed by atoms with E-state index < -0.39 is 25.6 Å². The first-order valence-corrected chi connectivity index (χ1v) is 7.17. The summed E-state index contributed by atoms with van der Waals surface area (Å²) in [5, 5.41) is 10.7. The van der Waals surface area contributed by atoms with Crippen molar-refractivity contribution in [2.45, 2.75) is 4.90 Å². The maximum atomic E-state index is 11.3. The molecule has 1 N–H and O–H groups in total. The molecular formula is C13H10N2O5S. The molecule has 0 aliphatic rings. The van der Waals surface area contributed by atoms with Crippen molar-refractivity contribution in [2.24, 2.45) is 0 Å². The average molecular weight is 306 g/mol. The first-order chi connectivity index (χ1) is 9.88. The maximum Gasteiger partial charge on any atom is 0.295 e. The topological polar surface area (TPSA) is 110 Å². The summed E-state index contributed by atoms with van der Waals surface area (Å²) in [7, 11) is -4.57. The average Bonchev–Trinajstić information content (AvgIpc) is 2.45. The standard InChI is InChI=1S/C13H10N2O5S/c16-15(17)12-7-5-10(13(9-12)21(18,19)20)4-6-11-3-1-2-8-14-11/h1-9H,(H,18,19,20). The van der Waals surface area contributed by atoms with Gasteiger partial charge >= 0.3 is 0 Å². The highest BCUT2D eigenvalue weighted by Crippen LogP contribution is 2.23. The first kappa shape index (κ1) is 14.8. The lowest BCUT2D eigenvalue weighted by Crippen LogP contribution is -2.02. The van der Waals surface area contributed by atoms with E-state index >= 15 is 0 Å². The van der Waals surface area contributed by atoms with E-state index in [9.17, 15) is 23.1 Å². The van der Waals surface area contributed by atoms with Gasteiger partial charge in [0.25, 0.3) is 15.8 Å². The largest absolute Gasteiger partial charge is 0.295 e. The van der Waals surface area contributed by atoms with Crippen LogP contribution in [0.5, 0.6) is 0 Å². The van der Waals surface area contributed by atoms with E-state index in [4.69, 9.17) is 0 Å². The van der Waals surface area contributed by atoms with Crippen molar-refractivity contribution in [2.75, 3.05) is 0 Å². The van der Waals surface area contributed by atoms with Crippen LogP contribution in [-0.2, 0) is 10.1 Å². The molecule has 0 atom stereocenters. The molecule has 0 radical (unpaired) electrons. The van der Waals surface area contributed by atoms with Crippen molar-refractivity contribution in [3.63, 3.8) is 0 Å². The molecule has 0 fully saturated rings. The number of hydrogen-bond acceptors (Lipinski definition) is 5. The zero-order chi connectivity index (χ0) is 15.5. The molecule has 1 aromatic carbocycles. The lowest BCUT2D eigenvalue weighted by molar-refractivity contribution is -0.385. The van der Waals surface area contributed by atoms with Gasteiger partial charge in [-0.15, -0.1) is 0 Å². The van der Waals surface area contributed by atoms with Gasteiger partial charge in [0.15, 0.2) is 0 Å². The van der Waals surface area contributed by atoms with Gasteiger partial charge < -0.3 is 0 Å². The van der Waals surface area contributed by atoms with Gasteiger partial charge in [-0.2, -0.15) is 8.42 Å². The summed E-state index contributed by atoms with van der Waals surface area (Å²) in [5.41, 5.74) is 0.295. The fraction of sp³-hybridized carbons (Fsp3) is 0. The summed E-state index contributed by atoms with van der Waals surface area (Å²) < 4.78 is 31.8. The van der Waals surface area contributed by atoms with Gasteiger partial charge in [-0.1, -0.05) is 12.1 Å². The molecule has 8 heteroatoms. The Hall–Kier alpha value is -2.58. The van der Waals surface area contributed by atoms with Crippen molar-refractivity contribution in [3.05, 3.63) is 64.0 Å². The lowest BCUT2D eigenvalue weighted by Gasteiger charge is -2.02. The number of nitro groups is 1. The van der Waals surface area contributed by atoms with Crippen LogP contribution in [0.15, 0.2) is 47.5 Å². The summed E-state index contributed by atoms with van der Waals surface area (Å²) in [6.07, 6.45) is 4.52. The third kappa shape index (κ3) is 3.71. The third-order valence-corrected chi connectivity index (χ3v) is 3.52. The van der Waals surface area contributed by atoms with Crippen LogP contribution in [0.4, 0.5) is 5.69 Å². The smallest absolute Gasteiger partial charge is 0.282 e. The van der Waals surface area contributed by atoms with E-state index in [0.717, 1.165) is 12.1 Å². The second-order valence-corrected chi connectivity index (χ2v) is 5.43. The molecule has 0 saturated carbocycles. The van der Waals surface area contributed by atoms with Gasteiger partial charge in [0.2, 0.25) is 0 Å². The van der Waals surface area contributed by atoms with Gasteiger partial charge in [0, 0.05) is 18.3 Å². The molecule has 0 bridgehead atoms. The van der Waals surface area contributed by atoms with Crippen molar-refractivity contribution in [1.82, 2.24) is 4.98 Å². The number of rotatable bonds is 4. The number of nitrogens with zero attached hydrogens (tertiary/aromatic N) is 2. The van der Waals surface area contributed by atoms with Gasteiger partial charge in [-0.05, 0) is 29.8 Å². The molecule has 0 aliphatic carbocycles. The second-order valence-electron chi connectivity index (χ2n) is 4.04. The molecule has 108 valence electrons. The molecule has 21 heavy (non-hydrogen) atoms. The van der Waals surface area contributed by atoms with Gasteiger partial charge in [-0.25, -0.2) is 0 Å². The molecule has 1 heterocycles. The van der Waals surface area contributed by atoms with Crippen LogP contribution in [0, 0.1) is 10.1 Å². The molecule has 2 aromatic rings. The Morgan fingerprint density at radius 2 is 1.95 bits per heavy atom. The predicted molar refractivity (Wildman–Crippen MR) is 76.1 cm³/mol. The monoisotopic (exact) mass is 306 g/mol. The lowest BCUT2D eigenvalue weighted by atomic mass is 10.2. The summed E-state index contributed by atoms with van der Waals surface area (Å²) in [6, 6.07) is 8.41. The fourth-order valence-electron chi connectivity index (χ4n) is 1.65. The highest BCUT2D eigenvalue weighted by atomic mass is 32.2. The minimum absolute atomic E-state index is 0.133. The SMILES string of the molecule is O=[N+]([O-])c1ccc(C=Cc2ccccn2)c(S(=O)(=O)O)c1. The molecule has 7 nitrogen and oxygen atoms in total. The minimum Gasteiger partial charge on any atom is -0.282 e. The van der Waals surface area contributed by atoms with E-state index in [2.05, 4.69) is 4.98 Å². The van der Waals surface area contributed by atoms with Crippen LogP contribution in [0.1, 0.15) is 11.3 Å². The zero-order valence-corrected chi connectivity index (χ0v) is 11.4. The van der Waals surface area contributed by atoms with Crippen LogP contribution in [0.3, 0.4) is 0 Å². The van der Waals surface area contributed by atoms with Crippen molar-refractivity contribution >= 4 is 28.0 Å². The van der Waals surface area contributed by atoms with E-state index in [0.29, 0.717) is 5.69 Å². The van der Waals surface area contributed by atoms with Crippen LogP contribution in [0.25, 0.3) is 12.2 Å². The van der Waals surface area contributed by atoms with E-state index in [-0.39, 0.29) is 5.56 Å². The molecule has 0 unspecified atom stereocenters. The second kappa shape index (κ2) is 5.81. The quantitative estimate of drug-likeness (QED) is 0.527. The summed E-state index contributed by atoms with van der Waals surface area (Å²) in [5.74, 6) is 0. The number of benzene rings is 1.